The van der Waals surface area contributed by atoms with E-state index in [0.717, 1.165) is 30.2 Å². The lowest BCUT2D eigenvalue weighted by atomic mass is 10.00. The molecule has 0 bridgehead atoms. The Bertz CT molecular complexity index is 799. The van der Waals surface area contributed by atoms with Crippen LogP contribution in [0.2, 0.25) is 0 Å². The Kier molecular flexibility index (Phi) is 9.08. The molecule has 0 aliphatic rings. The van der Waals surface area contributed by atoms with Gasteiger partial charge in [0.25, 0.3) is 0 Å². The van der Waals surface area contributed by atoms with Crippen molar-refractivity contribution < 1.29 is 17.2 Å². The summed E-state index contributed by atoms with van der Waals surface area (Å²) in [5, 5.41) is 1.60. The van der Waals surface area contributed by atoms with Crippen LogP contribution in [0.4, 0.5) is 0 Å². The molecule has 0 atom stereocenters. The summed E-state index contributed by atoms with van der Waals surface area (Å²) in [4.78, 5) is 0. The first-order valence-electron chi connectivity index (χ1n) is 10.2. The van der Waals surface area contributed by atoms with Crippen molar-refractivity contribution in [3.05, 3.63) is 42.0 Å². The number of benzene rings is 2. The summed E-state index contributed by atoms with van der Waals surface area (Å²) in [6.45, 7) is 2.24. The second kappa shape index (κ2) is 11.3. The Morgan fingerprint density at radius 1 is 0.815 bits per heavy atom. The summed E-state index contributed by atoms with van der Waals surface area (Å²) >= 11 is 0. The van der Waals surface area contributed by atoms with Gasteiger partial charge in [0, 0.05) is 5.39 Å². The van der Waals surface area contributed by atoms with Crippen LogP contribution >= 0.6 is 0 Å². The lowest BCUT2D eigenvalue weighted by Gasteiger charge is -2.12. The van der Waals surface area contributed by atoms with Gasteiger partial charge in [-0.05, 0) is 23.8 Å². The monoisotopic (exact) mass is 392 g/mol. The maximum atomic E-state index is 11.3. The second-order valence-electron chi connectivity index (χ2n) is 7.22. The zero-order chi connectivity index (χ0) is 19.5. The van der Waals surface area contributed by atoms with Gasteiger partial charge in [0.05, 0.1) is 0 Å². The third kappa shape index (κ3) is 7.89. The van der Waals surface area contributed by atoms with Crippen LogP contribution in [0.3, 0.4) is 0 Å². The van der Waals surface area contributed by atoms with E-state index in [0.29, 0.717) is 5.39 Å². The van der Waals surface area contributed by atoms with E-state index < -0.39 is 10.4 Å². The minimum atomic E-state index is -4.54. The molecule has 0 saturated carbocycles. The molecule has 0 aliphatic heterocycles. The van der Waals surface area contributed by atoms with Gasteiger partial charge in [-0.15, -0.1) is 0 Å². The molecule has 0 radical (unpaired) electrons. The van der Waals surface area contributed by atoms with E-state index in [4.69, 9.17) is 8.74 Å². The van der Waals surface area contributed by atoms with Gasteiger partial charge >= 0.3 is 10.4 Å². The molecule has 0 heterocycles. The normalized spacial score (nSPS) is 11.8. The summed E-state index contributed by atoms with van der Waals surface area (Å²) in [6.07, 6.45) is 13.3. The first-order chi connectivity index (χ1) is 13.0. The van der Waals surface area contributed by atoms with Crippen molar-refractivity contribution in [2.45, 2.75) is 77.6 Å². The lowest BCUT2D eigenvalue weighted by Crippen LogP contribution is -2.09. The summed E-state index contributed by atoms with van der Waals surface area (Å²) in [5.74, 6) is 0.256. The molecule has 2 rings (SSSR count). The van der Waals surface area contributed by atoms with Crippen molar-refractivity contribution in [1.82, 2.24) is 0 Å². The minimum absolute atomic E-state index is 0.256. The predicted molar refractivity (Wildman–Crippen MR) is 112 cm³/mol. The van der Waals surface area contributed by atoms with Gasteiger partial charge in [-0.3, -0.25) is 4.55 Å². The zero-order valence-corrected chi connectivity index (χ0v) is 17.1. The topological polar surface area (TPSA) is 63.6 Å². The quantitative estimate of drug-likeness (QED) is 0.313. The molecule has 0 aliphatic carbocycles. The van der Waals surface area contributed by atoms with E-state index in [1.807, 2.05) is 36.4 Å². The van der Waals surface area contributed by atoms with Crippen LogP contribution in [-0.4, -0.2) is 13.0 Å². The Morgan fingerprint density at radius 2 is 1.41 bits per heavy atom. The first kappa shape index (κ1) is 21.7. The van der Waals surface area contributed by atoms with Gasteiger partial charge in [0.15, 0.2) is 5.75 Å². The number of unbranched alkanes of at least 4 members (excludes halogenated alkanes) is 9. The maximum Gasteiger partial charge on any atom is 0.446 e. The van der Waals surface area contributed by atoms with Crippen molar-refractivity contribution in [2.24, 2.45) is 0 Å². The van der Waals surface area contributed by atoms with Crippen molar-refractivity contribution in [1.29, 1.82) is 0 Å². The zero-order valence-electron chi connectivity index (χ0n) is 16.3. The molecule has 0 saturated heterocycles. The number of hydrogen-bond donors (Lipinski definition) is 1. The van der Waals surface area contributed by atoms with Gasteiger partial charge in [-0.25, -0.2) is 0 Å². The van der Waals surface area contributed by atoms with Crippen molar-refractivity contribution in [3.63, 3.8) is 0 Å². The molecule has 0 unspecified atom stereocenters. The summed E-state index contributed by atoms with van der Waals surface area (Å²) in [7, 11) is -4.54. The molecule has 4 nitrogen and oxygen atoms in total. The van der Waals surface area contributed by atoms with E-state index in [1.165, 1.54) is 51.4 Å². The van der Waals surface area contributed by atoms with Gasteiger partial charge in [-0.1, -0.05) is 101 Å². The lowest BCUT2D eigenvalue weighted by molar-refractivity contribution is 0.386. The van der Waals surface area contributed by atoms with E-state index >= 15 is 0 Å². The fourth-order valence-electron chi connectivity index (χ4n) is 3.49. The largest absolute Gasteiger partial charge is 0.446 e. The molecule has 27 heavy (non-hydrogen) atoms. The van der Waals surface area contributed by atoms with Crippen molar-refractivity contribution >= 4 is 21.2 Å². The fourth-order valence-corrected chi connectivity index (χ4v) is 3.90. The van der Waals surface area contributed by atoms with E-state index in [2.05, 4.69) is 6.92 Å². The summed E-state index contributed by atoms with van der Waals surface area (Å²) in [5.41, 5.74) is 0.825. The van der Waals surface area contributed by atoms with E-state index in [1.54, 1.807) is 0 Å². The molecule has 0 aromatic heterocycles. The van der Waals surface area contributed by atoms with Crippen LogP contribution in [-0.2, 0) is 16.8 Å². The number of fused-ring (bicyclic) bond motifs is 1. The van der Waals surface area contributed by atoms with Crippen LogP contribution in [0, 0.1) is 0 Å². The highest BCUT2D eigenvalue weighted by Crippen LogP contribution is 2.32. The fraction of sp³-hybridized carbons (Fsp3) is 0.545. The predicted octanol–water partition coefficient (Wildman–Crippen LogP) is 6.48. The average Bonchev–Trinajstić information content (AvgIpc) is 2.63. The van der Waals surface area contributed by atoms with Gasteiger partial charge in [0.1, 0.15) is 0 Å². The van der Waals surface area contributed by atoms with E-state index in [-0.39, 0.29) is 5.75 Å². The highest BCUT2D eigenvalue weighted by atomic mass is 32.3. The third-order valence-corrected chi connectivity index (χ3v) is 5.33. The third-order valence-electron chi connectivity index (χ3n) is 4.95. The van der Waals surface area contributed by atoms with Gasteiger partial charge < -0.3 is 4.18 Å². The van der Waals surface area contributed by atoms with Crippen LogP contribution in [0.5, 0.6) is 5.75 Å². The van der Waals surface area contributed by atoms with Crippen molar-refractivity contribution in [2.75, 3.05) is 0 Å². The van der Waals surface area contributed by atoms with Crippen LogP contribution in [0.25, 0.3) is 10.8 Å². The standard InChI is InChI=1S/C22H32O4S/c1-2-3-4-5-6-7-8-9-10-11-15-20-18-17-19-14-12-13-16-21(19)22(20)26-27(23,24)25/h12-14,16-18H,2-11,15H2,1H3,(H,23,24,25). The molecular weight excluding hydrogens is 360 g/mol. The van der Waals surface area contributed by atoms with Crippen LogP contribution in [0.1, 0.15) is 76.7 Å². The van der Waals surface area contributed by atoms with Gasteiger partial charge in [0.2, 0.25) is 0 Å². The highest BCUT2D eigenvalue weighted by Gasteiger charge is 2.15. The molecule has 0 amide bonds. The molecule has 150 valence electrons. The minimum Gasteiger partial charge on any atom is -0.361 e. The highest BCUT2D eigenvalue weighted by molar-refractivity contribution is 7.81. The molecule has 1 N–H and O–H groups in total. The molecule has 0 spiro atoms. The number of hydrogen-bond acceptors (Lipinski definition) is 3. The van der Waals surface area contributed by atoms with Crippen LogP contribution in [0.15, 0.2) is 36.4 Å². The first-order valence-corrected chi connectivity index (χ1v) is 11.6. The maximum absolute atomic E-state index is 11.3. The summed E-state index contributed by atoms with van der Waals surface area (Å²) in [6, 6.07) is 11.3. The Morgan fingerprint density at radius 3 is 2.04 bits per heavy atom. The molecule has 2 aromatic rings. The Labute approximate surface area is 163 Å². The number of aryl methyl sites for hydroxylation is 1. The summed E-state index contributed by atoms with van der Waals surface area (Å²) < 4.78 is 36.6. The molecule has 2 aromatic carbocycles. The average molecular weight is 393 g/mol. The SMILES string of the molecule is CCCCCCCCCCCCc1ccc2ccccc2c1OS(=O)(=O)O. The second-order valence-corrected chi connectivity index (χ2v) is 8.24. The molecular formula is C22H32O4S. The van der Waals surface area contributed by atoms with Crippen LogP contribution < -0.4 is 4.18 Å². The molecule has 5 heteroatoms. The number of rotatable bonds is 13. The smallest absolute Gasteiger partial charge is 0.361 e. The van der Waals surface area contributed by atoms with Crippen molar-refractivity contribution in [3.8, 4) is 5.75 Å². The Hall–Kier alpha value is -1.59. The van der Waals surface area contributed by atoms with Gasteiger partial charge in [-0.2, -0.15) is 8.42 Å². The molecule has 0 fully saturated rings. The van der Waals surface area contributed by atoms with E-state index in [9.17, 15) is 8.42 Å². The Balaban J connectivity index is 1.84.